The number of unbranched alkanes of at least 4 members (excludes halogenated alkanes) is 25. The second-order valence-corrected chi connectivity index (χ2v) is 13.1. The molecule has 1 unspecified atom stereocenters. The molecule has 38 heavy (non-hydrogen) atoms. The van der Waals surface area contributed by atoms with Crippen molar-refractivity contribution in [3.8, 4) is 0 Å². The third kappa shape index (κ3) is 29.4. The van der Waals surface area contributed by atoms with Gasteiger partial charge in [-0.15, -0.1) is 0 Å². The van der Waals surface area contributed by atoms with Crippen molar-refractivity contribution in [2.24, 2.45) is 0 Å². The summed E-state index contributed by atoms with van der Waals surface area (Å²) in [5.41, 5.74) is -1.87. The van der Waals surface area contributed by atoms with Crippen LogP contribution in [0, 0.1) is 0 Å². The molecule has 0 saturated heterocycles. The van der Waals surface area contributed by atoms with Gasteiger partial charge in [0.15, 0.2) is 0 Å². The van der Waals surface area contributed by atoms with Gasteiger partial charge in [-0.05, 0) is 19.3 Å². The second kappa shape index (κ2) is 32.0. The van der Waals surface area contributed by atoms with E-state index in [0.29, 0.717) is 12.8 Å². The van der Waals surface area contributed by atoms with Crippen molar-refractivity contribution in [1.29, 1.82) is 0 Å². The van der Waals surface area contributed by atoms with E-state index in [9.17, 15) is 12.8 Å². The van der Waals surface area contributed by atoms with Crippen LogP contribution in [0.5, 0.6) is 0 Å². The summed E-state index contributed by atoms with van der Waals surface area (Å²) in [6.45, 7) is 4.60. The van der Waals surface area contributed by atoms with Gasteiger partial charge in [-0.25, -0.2) is 4.39 Å². The van der Waals surface area contributed by atoms with Gasteiger partial charge >= 0.3 is 18.9 Å². The number of hydrogen-bond acceptors (Lipinski definition) is 3. The molecule has 0 aliphatic carbocycles. The second-order valence-electron chi connectivity index (χ2n) is 11.4. The van der Waals surface area contributed by atoms with E-state index in [2.05, 4.69) is 13.8 Å². The van der Waals surface area contributed by atoms with Crippen LogP contribution in [0.3, 0.4) is 0 Å². The van der Waals surface area contributed by atoms with Crippen LogP contribution in [-0.4, -0.2) is 39.4 Å². The zero-order valence-corrected chi connectivity index (χ0v) is 25.9. The van der Waals surface area contributed by atoms with Gasteiger partial charge in [0.25, 0.3) is 10.1 Å². The molecule has 0 amide bonds. The summed E-state index contributed by atoms with van der Waals surface area (Å²) in [7, 11) is -4.06. The molecule has 3 nitrogen and oxygen atoms in total. The first-order valence-corrected chi connectivity index (χ1v) is 18.0. The molecule has 0 fully saturated rings. The topological polar surface area (TPSA) is 43.4 Å². The standard InChI is InChI=1S/C32H65FO3S.Li.H/c1-3-5-7-9-11-13-14-15-16-17-18-19-20-21-22-23-25-27-29-31-36-37(34,35)32(33)30-28-26-24-12-10-8-6-4-2;;/h32H,3-31H2,1-2H3;;. The summed E-state index contributed by atoms with van der Waals surface area (Å²) in [5, 5.41) is 0. The van der Waals surface area contributed by atoms with Gasteiger partial charge in [0, 0.05) is 0 Å². The molecule has 0 aliphatic heterocycles. The van der Waals surface area contributed by atoms with Crippen molar-refractivity contribution in [3.05, 3.63) is 0 Å². The fourth-order valence-corrected chi connectivity index (χ4v) is 5.97. The molecule has 0 spiro atoms. The Morgan fingerprint density at radius 3 is 1.05 bits per heavy atom. The van der Waals surface area contributed by atoms with Crippen LogP contribution in [0.2, 0.25) is 0 Å². The molecular formula is C32H66FLiO3S. The summed E-state index contributed by atoms with van der Waals surface area (Å²) in [6, 6.07) is 0. The summed E-state index contributed by atoms with van der Waals surface area (Å²) < 4.78 is 43.0. The van der Waals surface area contributed by atoms with Gasteiger partial charge in [0.2, 0.25) is 5.50 Å². The van der Waals surface area contributed by atoms with Crippen molar-refractivity contribution in [1.82, 2.24) is 0 Å². The van der Waals surface area contributed by atoms with E-state index in [4.69, 9.17) is 4.18 Å². The van der Waals surface area contributed by atoms with Crippen LogP contribution >= 0.6 is 0 Å². The first kappa shape index (κ1) is 40.6. The first-order valence-electron chi connectivity index (χ1n) is 16.6. The minimum atomic E-state index is -4.06. The molecule has 6 heteroatoms. The Morgan fingerprint density at radius 1 is 0.474 bits per heavy atom. The van der Waals surface area contributed by atoms with Gasteiger partial charge in [0.05, 0.1) is 6.61 Å². The van der Waals surface area contributed by atoms with E-state index in [-0.39, 0.29) is 31.9 Å². The fourth-order valence-electron chi connectivity index (χ4n) is 5.01. The number of alkyl halides is 1. The van der Waals surface area contributed by atoms with Crippen LogP contribution in [0.1, 0.15) is 194 Å². The fraction of sp³-hybridized carbons (Fsp3) is 1.00. The van der Waals surface area contributed by atoms with Crippen molar-refractivity contribution in [2.75, 3.05) is 6.61 Å². The molecular weight excluding hydrogens is 490 g/mol. The van der Waals surface area contributed by atoms with Gasteiger partial charge in [-0.3, -0.25) is 4.18 Å². The predicted molar refractivity (Wildman–Crippen MR) is 168 cm³/mol. The first-order chi connectivity index (χ1) is 18.0. The van der Waals surface area contributed by atoms with Crippen LogP contribution in [-0.2, 0) is 14.3 Å². The molecule has 0 aromatic rings. The van der Waals surface area contributed by atoms with Crippen molar-refractivity contribution in [2.45, 2.75) is 199 Å². The third-order valence-electron chi connectivity index (χ3n) is 7.59. The average molecular weight is 557 g/mol. The van der Waals surface area contributed by atoms with E-state index in [1.165, 1.54) is 135 Å². The molecule has 0 rings (SSSR count). The molecule has 1 atom stereocenters. The number of halogens is 1. The van der Waals surface area contributed by atoms with Crippen LogP contribution in [0.15, 0.2) is 0 Å². The average Bonchev–Trinajstić information content (AvgIpc) is 2.88. The Balaban J connectivity index is 0. The van der Waals surface area contributed by atoms with Crippen molar-refractivity contribution >= 4 is 29.0 Å². The maximum atomic E-state index is 14.1. The van der Waals surface area contributed by atoms with Crippen molar-refractivity contribution in [3.63, 3.8) is 0 Å². The van der Waals surface area contributed by atoms with Crippen molar-refractivity contribution < 1.29 is 17.0 Å². The molecule has 0 radical (unpaired) electrons. The Hall–Kier alpha value is 0.437. The van der Waals surface area contributed by atoms with E-state index < -0.39 is 15.6 Å². The Labute approximate surface area is 250 Å². The zero-order chi connectivity index (χ0) is 27.3. The summed E-state index contributed by atoms with van der Waals surface area (Å²) >= 11 is 0. The molecule has 0 aromatic heterocycles. The monoisotopic (exact) mass is 556 g/mol. The van der Waals surface area contributed by atoms with E-state index in [1.807, 2.05) is 0 Å². The third-order valence-corrected chi connectivity index (χ3v) is 8.95. The van der Waals surface area contributed by atoms with Gasteiger partial charge in [-0.2, -0.15) is 8.42 Å². The molecule has 0 saturated carbocycles. The summed E-state index contributed by atoms with van der Waals surface area (Å²) in [5.74, 6) is 0. The van der Waals surface area contributed by atoms with Crippen LogP contribution in [0.4, 0.5) is 4.39 Å². The zero-order valence-electron chi connectivity index (χ0n) is 25.1. The number of hydrogen-bond donors (Lipinski definition) is 0. The Bertz CT molecular complexity index is 545. The molecule has 0 heterocycles. The number of rotatable bonds is 31. The van der Waals surface area contributed by atoms with E-state index in [1.54, 1.807) is 0 Å². The molecule has 0 aliphatic rings. The molecule has 0 bridgehead atoms. The summed E-state index contributed by atoms with van der Waals surface area (Å²) in [6.07, 6.45) is 33.6. The Morgan fingerprint density at radius 2 is 0.737 bits per heavy atom. The van der Waals surface area contributed by atoms with Gasteiger partial charge in [-0.1, -0.05) is 174 Å². The molecule has 0 N–H and O–H groups in total. The summed E-state index contributed by atoms with van der Waals surface area (Å²) in [4.78, 5) is 0. The van der Waals surface area contributed by atoms with E-state index in [0.717, 1.165) is 25.7 Å². The maximum absolute atomic E-state index is 14.1. The van der Waals surface area contributed by atoms with Gasteiger partial charge in [0.1, 0.15) is 0 Å². The van der Waals surface area contributed by atoms with Crippen LogP contribution < -0.4 is 0 Å². The predicted octanol–water partition coefficient (Wildman–Crippen LogP) is 10.9. The SMILES string of the molecule is CCCCCCCCCCCCCCCCCCCCCOS(=O)(=O)C(F)CCCCCCCCCC.[LiH]. The normalized spacial score (nSPS) is 12.5. The van der Waals surface area contributed by atoms with Crippen LogP contribution in [0.25, 0.3) is 0 Å². The minimum absolute atomic E-state index is 0. The molecule has 0 aromatic carbocycles. The Kier molecular flexibility index (Phi) is 34.1. The quantitative estimate of drug-likeness (QED) is 0.0484. The van der Waals surface area contributed by atoms with E-state index >= 15 is 0 Å². The molecule has 226 valence electrons. The van der Waals surface area contributed by atoms with Gasteiger partial charge < -0.3 is 0 Å².